The molecule has 2 aliphatic rings. The molecule has 2 aliphatic heterocycles. The van der Waals surface area contributed by atoms with Gasteiger partial charge in [0, 0.05) is 73.5 Å². The number of fused-ring (bicyclic) bond motifs is 1. The highest BCUT2D eigenvalue weighted by Gasteiger charge is 2.30. The Bertz CT molecular complexity index is 1290. The summed E-state index contributed by atoms with van der Waals surface area (Å²) in [6.45, 7) is 2.42. The summed E-state index contributed by atoms with van der Waals surface area (Å²) in [6, 6.07) is 12.4. The van der Waals surface area contributed by atoms with Crippen LogP contribution in [0.1, 0.15) is 26.4 Å². The van der Waals surface area contributed by atoms with Gasteiger partial charge in [0.25, 0.3) is 17.4 Å². The van der Waals surface area contributed by atoms with Crippen molar-refractivity contribution in [2.75, 3.05) is 44.8 Å². The lowest BCUT2D eigenvalue weighted by molar-refractivity contribution is 0.0757. The maximum Gasteiger partial charge on any atom is 0.259 e. The van der Waals surface area contributed by atoms with Gasteiger partial charge >= 0.3 is 0 Å². The van der Waals surface area contributed by atoms with Crippen LogP contribution in [0.3, 0.4) is 0 Å². The molecule has 0 aliphatic carbocycles. The fraction of sp³-hybridized carbons (Fsp3) is 0.346. The highest BCUT2D eigenvalue weighted by atomic mass is 32.2. The molecular formula is C26H27N3O5S. The lowest BCUT2D eigenvalue weighted by atomic mass is 10.1. The molecule has 0 N–H and O–H groups in total. The molecule has 9 heteroatoms. The van der Waals surface area contributed by atoms with Gasteiger partial charge in [0.15, 0.2) is 0 Å². The molecule has 0 saturated carbocycles. The number of furan rings is 1. The van der Waals surface area contributed by atoms with E-state index in [-0.39, 0.29) is 17.4 Å². The lowest BCUT2D eigenvalue weighted by Gasteiger charge is -2.28. The fourth-order valence-electron chi connectivity index (χ4n) is 4.70. The van der Waals surface area contributed by atoms with Crippen molar-refractivity contribution < 1.29 is 18.7 Å². The predicted molar refractivity (Wildman–Crippen MR) is 134 cm³/mol. The number of hydrogen-bond donors (Lipinski definition) is 0. The number of pyridine rings is 1. The molecule has 0 radical (unpaired) electrons. The molecule has 2 amide bonds. The van der Waals surface area contributed by atoms with Gasteiger partial charge in [-0.15, -0.1) is 0 Å². The number of carbonyl (C=O) groups is 2. The minimum atomic E-state index is -0.225. The molecule has 0 spiro atoms. The molecule has 3 aromatic rings. The number of hydrogen-bond acceptors (Lipinski definition) is 6. The minimum Gasteiger partial charge on any atom is -0.496 e. The number of aromatic nitrogens is 1. The van der Waals surface area contributed by atoms with Gasteiger partial charge in [-0.05, 0) is 24.3 Å². The zero-order chi connectivity index (χ0) is 24.4. The minimum absolute atomic E-state index is 0.114. The molecule has 2 aromatic heterocycles. The Labute approximate surface area is 207 Å². The topological polar surface area (TPSA) is 85.0 Å². The Hall–Kier alpha value is -3.46. The number of ether oxygens (including phenoxy) is 1. The average molecular weight is 494 g/mol. The third-order valence-electron chi connectivity index (χ3n) is 6.53. The van der Waals surface area contributed by atoms with Crippen molar-refractivity contribution >= 4 is 23.6 Å². The monoisotopic (exact) mass is 493 g/mol. The van der Waals surface area contributed by atoms with E-state index in [4.69, 9.17) is 9.15 Å². The van der Waals surface area contributed by atoms with Crippen molar-refractivity contribution in [1.82, 2.24) is 14.4 Å². The van der Waals surface area contributed by atoms with Crippen molar-refractivity contribution in [2.45, 2.75) is 13.0 Å². The number of rotatable bonds is 4. The molecule has 1 aromatic carbocycles. The second-order valence-corrected chi connectivity index (χ2v) is 9.75. The van der Waals surface area contributed by atoms with E-state index in [1.165, 1.54) is 13.2 Å². The van der Waals surface area contributed by atoms with Crippen molar-refractivity contribution in [3.05, 3.63) is 75.9 Å². The number of benzene rings is 1. The number of nitrogens with zero attached hydrogens (tertiary/aromatic N) is 3. The van der Waals surface area contributed by atoms with Crippen LogP contribution in [0.5, 0.6) is 5.75 Å². The number of amides is 2. The molecule has 5 rings (SSSR count). The first-order chi connectivity index (χ1) is 17.1. The molecule has 182 valence electrons. The van der Waals surface area contributed by atoms with Gasteiger partial charge in [0.2, 0.25) is 0 Å². The smallest absolute Gasteiger partial charge is 0.259 e. The van der Waals surface area contributed by atoms with Crippen LogP contribution in [0.2, 0.25) is 0 Å². The number of methoxy groups -OCH3 is 1. The lowest BCUT2D eigenvalue weighted by Crippen LogP contribution is -2.39. The summed E-state index contributed by atoms with van der Waals surface area (Å²) < 4.78 is 12.6. The molecule has 35 heavy (non-hydrogen) atoms. The quantitative estimate of drug-likeness (QED) is 0.556. The zero-order valence-corrected chi connectivity index (χ0v) is 20.4. The Kier molecular flexibility index (Phi) is 6.68. The molecular weight excluding hydrogens is 466 g/mol. The van der Waals surface area contributed by atoms with Gasteiger partial charge in [-0.1, -0.05) is 12.1 Å². The SMILES string of the molecule is COc1cc(=O)n2c(c1C(=O)N1CCSCC1)CCN(C(=O)c1cccc(-c3ccco3)c1)CC2. The van der Waals surface area contributed by atoms with Gasteiger partial charge < -0.3 is 23.5 Å². The van der Waals surface area contributed by atoms with E-state index in [0.29, 0.717) is 67.5 Å². The third kappa shape index (κ3) is 4.60. The van der Waals surface area contributed by atoms with E-state index in [9.17, 15) is 14.4 Å². The first-order valence-electron chi connectivity index (χ1n) is 11.7. The van der Waals surface area contributed by atoms with Crippen LogP contribution >= 0.6 is 11.8 Å². The molecule has 0 atom stereocenters. The van der Waals surface area contributed by atoms with Crippen molar-refractivity contribution in [3.8, 4) is 17.1 Å². The zero-order valence-electron chi connectivity index (χ0n) is 19.6. The van der Waals surface area contributed by atoms with Crippen molar-refractivity contribution in [2.24, 2.45) is 0 Å². The van der Waals surface area contributed by atoms with Gasteiger partial charge in [0.05, 0.1) is 13.4 Å². The van der Waals surface area contributed by atoms with Crippen LogP contribution in [0.25, 0.3) is 11.3 Å². The molecule has 0 bridgehead atoms. The Morgan fingerprint density at radius 3 is 2.49 bits per heavy atom. The summed E-state index contributed by atoms with van der Waals surface area (Å²) in [5.41, 5.74) is 2.23. The van der Waals surface area contributed by atoms with Gasteiger partial charge in [0.1, 0.15) is 17.1 Å². The second-order valence-electron chi connectivity index (χ2n) is 8.53. The summed E-state index contributed by atoms with van der Waals surface area (Å²) in [6.07, 6.45) is 1.99. The Balaban J connectivity index is 1.43. The maximum absolute atomic E-state index is 13.5. The standard InChI is InChI=1S/C26H27N3O5S/c1-33-22-17-23(30)29-10-9-27(8-7-20(29)24(22)26(32)28-11-14-35-15-12-28)25(31)19-5-2-4-18(16-19)21-6-3-13-34-21/h2-6,13,16-17H,7-12,14-15H2,1H3. The summed E-state index contributed by atoms with van der Waals surface area (Å²) in [5, 5.41) is 0. The largest absolute Gasteiger partial charge is 0.496 e. The molecule has 1 saturated heterocycles. The van der Waals surface area contributed by atoms with Gasteiger partial charge in [-0.2, -0.15) is 11.8 Å². The first-order valence-corrected chi connectivity index (χ1v) is 12.8. The predicted octanol–water partition coefficient (Wildman–Crippen LogP) is 3.00. The normalized spacial score (nSPS) is 15.9. The molecule has 4 heterocycles. The van der Waals surface area contributed by atoms with Crippen LogP contribution in [-0.4, -0.2) is 71.0 Å². The first kappa shape index (κ1) is 23.3. The number of thioether (sulfide) groups is 1. The third-order valence-corrected chi connectivity index (χ3v) is 7.47. The van der Waals surface area contributed by atoms with E-state index in [0.717, 1.165) is 17.1 Å². The highest BCUT2D eigenvalue weighted by Crippen LogP contribution is 2.27. The Morgan fingerprint density at radius 2 is 1.74 bits per heavy atom. The summed E-state index contributed by atoms with van der Waals surface area (Å²) >= 11 is 1.83. The van der Waals surface area contributed by atoms with Crippen LogP contribution < -0.4 is 10.3 Å². The van der Waals surface area contributed by atoms with Gasteiger partial charge in [-0.25, -0.2) is 0 Å². The van der Waals surface area contributed by atoms with E-state index >= 15 is 0 Å². The fourth-order valence-corrected chi connectivity index (χ4v) is 5.60. The van der Waals surface area contributed by atoms with Crippen LogP contribution in [0, 0.1) is 0 Å². The summed E-state index contributed by atoms with van der Waals surface area (Å²) in [7, 11) is 1.48. The van der Waals surface area contributed by atoms with Crippen molar-refractivity contribution in [3.63, 3.8) is 0 Å². The summed E-state index contributed by atoms with van der Waals surface area (Å²) in [4.78, 5) is 43.4. The van der Waals surface area contributed by atoms with E-state index in [1.54, 1.807) is 21.8 Å². The average Bonchev–Trinajstić information content (AvgIpc) is 3.35. The Morgan fingerprint density at radius 1 is 0.943 bits per heavy atom. The number of carbonyl (C=O) groups excluding carboxylic acids is 2. The molecule has 8 nitrogen and oxygen atoms in total. The maximum atomic E-state index is 13.5. The molecule has 0 unspecified atom stereocenters. The highest BCUT2D eigenvalue weighted by molar-refractivity contribution is 7.99. The molecule has 1 fully saturated rings. The van der Waals surface area contributed by atoms with E-state index in [1.807, 2.05) is 47.0 Å². The van der Waals surface area contributed by atoms with Crippen molar-refractivity contribution in [1.29, 1.82) is 0 Å². The van der Waals surface area contributed by atoms with Crippen LogP contribution in [-0.2, 0) is 13.0 Å². The van der Waals surface area contributed by atoms with E-state index in [2.05, 4.69) is 0 Å². The van der Waals surface area contributed by atoms with Crippen LogP contribution in [0.4, 0.5) is 0 Å². The summed E-state index contributed by atoms with van der Waals surface area (Å²) in [5.74, 6) is 2.55. The van der Waals surface area contributed by atoms with Crippen LogP contribution in [0.15, 0.2) is 57.9 Å². The van der Waals surface area contributed by atoms with Gasteiger partial charge in [-0.3, -0.25) is 14.4 Å². The van der Waals surface area contributed by atoms with E-state index < -0.39 is 0 Å². The second kappa shape index (κ2) is 10.0.